The number of rotatable bonds is 3. The van der Waals surface area contributed by atoms with Gasteiger partial charge in [-0.25, -0.2) is 31.1 Å². The minimum Gasteiger partial charge on any atom is -0.467 e. The largest absolute Gasteiger partial charge is 0.483 e. The molecule has 0 fully saturated rings. The molecule has 0 saturated heterocycles. The van der Waals surface area contributed by atoms with Gasteiger partial charge in [-0.3, -0.25) is 9.69 Å². The molecule has 166 valence electrons. The van der Waals surface area contributed by atoms with Gasteiger partial charge in [0.25, 0.3) is 0 Å². The van der Waals surface area contributed by atoms with E-state index >= 15 is 0 Å². The number of carbonyl (C=O) groups excluding carboxylic acids is 2. The number of fused-ring (bicyclic) bond motifs is 1. The number of carbonyl (C=O) groups is 2. The van der Waals surface area contributed by atoms with Gasteiger partial charge < -0.3 is 9.47 Å². The Bertz CT molecular complexity index is 1090. The predicted octanol–water partition coefficient (Wildman–Crippen LogP) is 4.07. The van der Waals surface area contributed by atoms with Crippen LogP contribution in [0.4, 0.5) is 40.8 Å². The van der Waals surface area contributed by atoms with Crippen LogP contribution >= 0.6 is 0 Å². The van der Waals surface area contributed by atoms with Crippen molar-refractivity contribution in [1.82, 2.24) is 0 Å². The summed E-state index contributed by atoms with van der Waals surface area (Å²) in [6.45, 7) is 0.941. The zero-order chi connectivity index (χ0) is 23.4. The molecule has 2 aromatic rings. The van der Waals surface area contributed by atoms with Gasteiger partial charge in [0.1, 0.15) is 11.9 Å². The average Bonchev–Trinajstić information content (AvgIpc) is 2.71. The minimum atomic E-state index is -4.56. The Balaban J connectivity index is 2.33. The Morgan fingerprint density at radius 3 is 2.03 bits per heavy atom. The summed E-state index contributed by atoms with van der Waals surface area (Å²) in [5.41, 5.74) is -3.78. The van der Waals surface area contributed by atoms with E-state index in [9.17, 15) is 44.7 Å². The van der Waals surface area contributed by atoms with Crippen LogP contribution in [0.25, 0.3) is 11.1 Å². The van der Waals surface area contributed by atoms with E-state index in [4.69, 9.17) is 0 Å². The second kappa shape index (κ2) is 7.39. The first-order valence-corrected chi connectivity index (χ1v) is 8.17. The summed E-state index contributed by atoms with van der Waals surface area (Å²) >= 11 is 0. The van der Waals surface area contributed by atoms with Crippen molar-refractivity contribution in [2.75, 3.05) is 12.0 Å². The molecular weight excluding hydrogens is 446 g/mol. The fourth-order valence-corrected chi connectivity index (χ4v) is 2.94. The zero-order valence-electron chi connectivity index (χ0n) is 15.3. The van der Waals surface area contributed by atoms with Crippen molar-refractivity contribution in [3.8, 4) is 16.9 Å². The number of hydrogen-bond donors (Lipinski definition) is 0. The summed E-state index contributed by atoms with van der Waals surface area (Å²) in [5.74, 6) is -18.2. The van der Waals surface area contributed by atoms with Crippen LogP contribution in [-0.4, -0.2) is 31.1 Å². The number of hydrogen-bond acceptors (Lipinski definition) is 4. The third-order valence-electron chi connectivity index (χ3n) is 4.42. The van der Waals surface area contributed by atoms with Gasteiger partial charge in [0.05, 0.1) is 18.4 Å². The van der Waals surface area contributed by atoms with E-state index in [0.29, 0.717) is 6.07 Å². The second-order valence-corrected chi connectivity index (χ2v) is 6.24. The minimum absolute atomic E-state index is 0.0969. The number of methoxy groups -OCH3 is 1. The molecule has 13 heteroatoms. The number of benzene rings is 2. The van der Waals surface area contributed by atoms with Crippen molar-refractivity contribution in [2.24, 2.45) is 0 Å². The van der Waals surface area contributed by atoms with E-state index in [2.05, 4.69) is 9.47 Å². The lowest BCUT2D eigenvalue weighted by atomic mass is 10.00. The number of anilines is 1. The lowest BCUT2D eigenvalue weighted by molar-refractivity contribution is -0.193. The molecule has 1 atom stereocenters. The lowest BCUT2D eigenvalue weighted by Gasteiger charge is -2.36. The summed E-state index contributed by atoms with van der Waals surface area (Å²) in [5, 5.41) is 0. The number of amides is 1. The molecule has 0 N–H and O–H groups in total. The zero-order valence-corrected chi connectivity index (χ0v) is 15.3. The molecule has 3 rings (SSSR count). The maximum atomic E-state index is 14.5. The Labute approximate surface area is 167 Å². The van der Waals surface area contributed by atoms with Crippen LogP contribution in [0.2, 0.25) is 0 Å². The van der Waals surface area contributed by atoms with Crippen LogP contribution in [0.3, 0.4) is 0 Å². The van der Waals surface area contributed by atoms with Crippen molar-refractivity contribution in [1.29, 1.82) is 0 Å². The van der Waals surface area contributed by atoms with Crippen LogP contribution in [0.5, 0.6) is 5.75 Å². The highest BCUT2D eigenvalue weighted by atomic mass is 19.3. The summed E-state index contributed by atoms with van der Waals surface area (Å²) in [7, 11) is 0.869. The van der Waals surface area contributed by atoms with Crippen LogP contribution in [0.1, 0.15) is 6.92 Å². The van der Waals surface area contributed by atoms with Crippen LogP contribution in [0, 0.1) is 34.9 Å². The first-order valence-electron chi connectivity index (χ1n) is 8.17. The van der Waals surface area contributed by atoms with Crippen molar-refractivity contribution >= 4 is 17.6 Å². The summed E-state index contributed by atoms with van der Waals surface area (Å²) in [6.07, 6.45) is -4.56. The van der Waals surface area contributed by atoms with Crippen molar-refractivity contribution in [3.05, 3.63) is 47.0 Å². The van der Waals surface area contributed by atoms with E-state index in [1.807, 2.05) is 0 Å². The highest BCUT2D eigenvalue weighted by Gasteiger charge is 2.53. The fraction of sp³-hybridized carbons (Fsp3) is 0.222. The molecule has 5 nitrogen and oxygen atoms in total. The molecule has 1 unspecified atom stereocenters. The molecule has 1 heterocycles. The molecule has 0 saturated carbocycles. The maximum Gasteiger partial charge on any atom is 0.483 e. The first-order chi connectivity index (χ1) is 14.3. The third kappa shape index (κ3) is 3.33. The fourth-order valence-electron chi connectivity index (χ4n) is 2.94. The van der Waals surface area contributed by atoms with Gasteiger partial charge in [-0.15, -0.1) is 0 Å². The van der Waals surface area contributed by atoms with Crippen LogP contribution in [0.15, 0.2) is 12.1 Å². The van der Waals surface area contributed by atoms with Gasteiger partial charge in [-0.05, 0) is 13.0 Å². The maximum absolute atomic E-state index is 14.5. The van der Waals surface area contributed by atoms with Crippen molar-refractivity contribution < 1.29 is 54.2 Å². The molecular formula is C18H9F8NO4. The normalized spacial score (nSPS) is 15.9. The number of ether oxygens (including phenoxy) is 2. The van der Waals surface area contributed by atoms with Crippen molar-refractivity contribution in [2.45, 2.75) is 19.1 Å². The summed E-state index contributed by atoms with van der Waals surface area (Å²) < 4.78 is 120. The molecule has 0 aliphatic carbocycles. The average molecular weight is 455 g/mol. The molecule has 1 aliphatic rings. The standard InChI is InChI=1S/C18H9F8NO4/c1-5(16(28)30-2)27-8-3-6(7(19)4-9(8)31-18(25,26)17(27)29)10-11(20)13(22)15(24)14(23)12(10)21/h3-5H,1-2H3. The molecule has 1 amide bonds. The molecule has 0 bridgehead atoms. The quantitative estimate of drug-likeness (QED) is 0.303. The molecule has 2 aromatic carbocycles. The number of halogens is 8. The van der Waals surface area contributed by atoms with E-state index in [-0.39, 0.29) is 11.0 Å². The SMILES string of the molecule is COC(=O)C(C)N1C(=O)C(F)(F)Oc2cc(F)c(-c3c(F)c(F)c(F)c(F)c3F)cc21. The molecule has 0 radical (unpaired) electrons. The highest BCUT2D eigenvalue weighted by molar-refractivity contribution is 6.05. The topological polar surface area (TPSA) is 55.8 Å². The Kier molecular flexibility index (Phi) is 5.32. The van der Waals surface area contributed by atoms with E-state index in [0.717, 1.165) is 14.0 Å². The predicted molar refractivity (Wildman–Crippen MR) is 86.2 cm³/mol. The number of alkyl halides is 2. The highest BCUT2D eigenvalue weighted by Crippen LogP contribution is 2.45. The Morgan fingerprint density at radius 2 is 1.52 bits per heavy atom. The lowest BCUT2D eigenvalue weighted by Crippen LogP contribution is -2.56. The second-order valence-electron chi connectivity index (χ2n) is 6.24. The van der Waals surface area contributed by atoms with Crippen molar-refractivity contribution in [3.63, 3.8) is 0 Å². The molecule has 1 aliphatic heterocycles. The van der Waals surface area contributed by atoms with Gasteiger partial charge in [-0.1, -0.05) is 0 Å². The molecule has 0 aromatic heterocycles. The first kappa shape index (κ1) is 22.3. The molecule has 0 spiro atoms. The summed E-state index contributed by atoms with van der Waals surface area (Å²) in [4.78, 5) is 24.0. The molecule has 31 heavy (non-hydrogen) atoms. The van der Waals surface area contributed by atoms with E-state index in [1.165, 1.54) is 0 Å². The van der Waals surface area contributed by atoms with Gasteiger partial charge >= 0.3 is 18.0 Å². The Hall–Kier alpha value is -3.38. The van der Waals surface area contributed by atoms with E-state index < -0.39 is 81.5 Å². The van der Waals surface area contributed by atoms with Gasteiger partial charge in [-0.2, -0.15) is 8.78 Å². The third-order valence-corrected chi connectivity index (χ3v) is 4.42. The van der Waals surface area contributed by atoms with Crippen LogP contribution < -0.4 is 9.64 Å². The van der Waals surface area contributed by atoms with Gasteiger partial charge in [0.2, 0.25) is 5.82 Å². The van der Waals surface area contributed by atoms with E-state index in [1.54, 1.807) is 0 Å². The smallest absolute Gasteiger partial charge is 0.467 e. The van der Waals surface area contributed by atoms with Crippen LogP contribution in [-0.2, 0) is 14.3 Å². The summed E-state index contributed by atoms with van der Waals surface area (Å²) in [6, 6.07) is -1.27. The number of esters is 1. The Morgan fingerprint density at radius 1 is 1.00 bits per heavy atom. The van der Waals surface area contributed by atoms with Gasteiger partial charge in [0.15, 0.2) is 29.0 Å². The number of nitrogens with zero attached hydrogens (tertiary/aromatic N) is 1. The monoisotopic (exact) mass is 455 g/mol. The van der Waals surface area contributed by atoms with Gasteiger partial charge in [0, 0.05) is 11.6 Å².